The first-order valence-corrected chi connectivity index (χ1v) is 11.7. The second-order valence-corrected chi connectivity index (χ2v) is 8.69. The van der Waals surface area contributed by atoms with Gasteiger partial charge in [-0.1, -0.05) is 23.4 Å². The molecule has 0 aliphatic heterocycles. The SMILES string of the molecule is CCn1c(SCC(=O)Nc2ccc(Br)c(Cl)c2)nnc1C(C)Oc1ccc(OC)cc1. The number of hydrogen-bond donors (Lipinski definition) is 1. The van der Waals surface area contributed by atoms with Crippen molar-refractivity contribution in [2.45, 2.75) is 31.7 Å². The summed E-state index contributed by atoms with van der Waals surface area (Å²) in [6, 6.07) is 12.6. The van der Waals surface area contributed by atoms with E-state index in [0.29, 0.717) is 34.0 Å². The summed E-state index contributed by atoms with van der Waals surface area (Å²) in [5.74, 6) is 2.21. The first kappa shape index (κ1) is 23.4. The van der Waals surface area contributed by atoms with Crippen molar-refractivity contribution >= 4 is 50.9 Å². The van der Waals surface area contributed by atoms with Crippen LogP contribution in [-0.4, -0.2) is 33.5 Å². The van der Waals surface area contributed by atoms with Gasteiger partial charge in [0.2, 0.25) is 5.91 Å². The number of methoxy groups -OCH3 is 1. The summed E-state index contributed by atoms with van der Waals surface area (Å²) in [4.78, 5) is 12.3. The van der Waals surface area contributed by atoms with Crippen LogP contribution in [0, 0.1) is 0 Å². The van der Waals surface area contributed by atoms with E-state index in [1.54, 1.807) is 25.3 Å². The van der Waals surface area contributed by atoms with Gasteiger partial charge in [-0.05, 0) is 72.2 Å². The van der Waals surface area contributed by atoms with E-state index >= 15 is 0 Å². The number of carbonyl (C=O) groups excluding carboxylic acids is 1. The third-order valence-electron chi connectivity index (χ3n) is 4.33. The quantitative estimate of drug-likeness (QED) is 0.367. The van der Waals surface area contributed by atoms with Crippen LogP contribution in [0.1, 0.15) is 25.8 Å². The molecule has 0 saturated heterocycles. The van der Waals surface area contributed by atoms with Crippen LogP contribution in [0.25, 0.3) is 0 Å². The van der Waals surface area contributed by atoms with Crippen molar-refractivity contribution in [3.05, 3.63) is 57.8 Å². The van der Waals surface area contributed by atoms with Gasteiger partial charge in [0.05, 0.1) is 17.9 Å². The molecule has 2 aromatic carbocycles. The fourth-order valence-corrected chi connectivity index (χ4v) is 4.05. The molecule has 0 spiro atoms. The highest BCUT2D eigenvalue weighted by Crippen LogP contribution is 2.27. The standard InChI is InChI=1S/C21H22BrClN4O3S/c1-4-27-20(13(2)30-16-8-6-15(29-3)7-9-16)25-26-21(27)31-12-19(28)24-14-5-10-17(22)18(23)11-14/h5-11,13H,4,12H2,1-3H3,(H,24,28). The largest absolute Gasteiger partial charge is 0.497 e. The number of amides is 1. The van der Waals surface area contributed by atoms with Crippen LogP contribution in [0.4, 0.5) is 5.69 Å². The second kappa shape index (κ2) is 10.9. The first-order valence-electron chi connectivity index (χ1n) is 9.52. The zero-order valence-corrected chi connectivity index (χ0v) is 20.4. The highest BCUT2D eigenvalue weighted by atomic mass is 79.9. The van der Waals surface area contributed by atoms with Gasteiger partial charge in [-0.2, -0.15) is 0 Å². The third kappa shape index (κ3) is 6.15. The van der Waals surface area contributed by atoms with Crippen LogP contribution in [0.5, 0.6) is 11.5 Å². The van der Waals surface area contributed by atoms with Gasteiger partial charge in [0, 0.05) is 16.7 Å². The van der Waals surface area contributed by atoms with E-state index in [1.807, 2.05) is 42.7 Å². The zero-order chi connectivity index (χ0) is 22.4. The van der Waals surface area contributed by atoms with E-state index in [1.165, 1.54) is 11.8 Å². The summed E-state index contributed by atoms with van der Waals surface area (Å²) in [5.41, 5.74) is 0.637. The van der Waals surface area contributed by atoms with Crippen molar-refractivity contribution < 1.29 is 14.3 Å². The van der Waals surface area contributed by atoms with E-state index in [-0.39, 0.29) is 17.8 Å². The van der Waals surface area contributed by atoms with Crippen molar-refractivity contribution in [3.63, 3.8) is 0 Å². The van der Waals surface area contributed by atoms with Crippen LogP contribution in [0.2, 0.25) is 5.02 Å². The van der Waals surface area contributed by atoms with E-state index in [4.69, 9.17) is 21.1 Å². The first-order chi connectivity index (χ1) is 14.9. The molecule has 10 heteroatoms. The maximum absolute atomic E-state index is 12.3. The van der Waals surface area contributed by atoms with Gasteiger partial charge >= 0.3 is 0 Å². The minimum absolute atomic E-state index is 0.155. The number of halogens is 2. The lowest BCUT2D eigenvalue weighted by Gasteiger charge is -2.15. The number of nitrogens with one attached hydrogen (secondary N) is 1. The summed E-state index contributed by atoms with van der Waals surface area (Å²) >= 11 is 10.7. The maximum atomic E-state index is 12.3. The van der Waals surface area contributed by atoms with Crippen LogP contribution in [0.3, 0.4) is 0 Å². The Labute approximate surface area is 198 Å². The normalized spacial score (nSPS) is 11.8. The Bertz CT molecular complexity index is 1050. The molecule has 31 heavy (non-hydrogen) atoms. The Balaban J connectivity index is 1.61. The minimum atomic E-state index is -0.311. The molecule has 0 bridgehead atoms. The molecule has 1 amide bonds. The average Bonchev–Trinajstić information content (AvgIpc) is 3.18. The molecule has 1 N–H and O–H groups in total. The van der Waals surface area contributed by atoms with E-state index < -0.39 is 0 Å². The Morgan fingerprint density at radius 3 is 2.58 bits per heavy atom. The Kier molecular flexibility index (Phi) is 8.22. The zero-order valence-electron chi connectivity index (χ0n) is 17.3. The van der Waals surface area contributed by atoms with Gasteiger partial charge in [0.15, 0.2) is 17.1 Å². The number of aromatic nitrogens is 3. The number of hydrogen-bond acceptors (Lipinski definition) is 6. The van der Waals surface area contributed by atoms with Crippen molar-refractivity contribution in [1.29, 1.82) is 0 Å². The molecule has 1 unspecified atom stereocenters. The van der Waals surface area contributed by atoms with Crippen LogP contribution >= 0.6 is 39.3 Å². The van der Waals surface area contributed by atoms with Gasteiger partial charge in [-0.15, -0.1) is 10.2 Å². The number of benzene rings is 2. The molecule has 7 nitrogen and oxygen atoms in total. The molecular formula is C21H22BrClN4O3S. The summed E-state index contributed by atoms with van der Waals surface area (Å²) in [6.45, 7) is 4.57. The number of rotatable bonds is 9. The minimum Gasteiger partial charge on any atom is -0.497 e. The summed E-state index contributed by atoms with van der Waals surface area (Å²) in [7, 11) is 1.62. The van der Waals surface area contributed by atoms with Crippen LogP contribution in [-0.2, 0) is 11.3 Å². The Hall–Kier alpha value is -2.23. The molecule has 1 aromatic heterocycles. The molecule has 0 radical (unpaired) electrons. The smallest absolute Gasteiger partial charge is 0.234 e. The number of anilines is 1. The molecule has 164 valence electrons. The Morgan fingerprint density at radius 1 is 1.23 bits per heavy atom. The second-order valence-electron chi connectivity index (χ2n) is 6.49. The molecule has 1 atom stereocenters. The summed E-state index contributed by atoms with van der Waals surface area (Å²) in [5, 5.41) is 12.6. The van der Waals surface area contributed by atoms with E-state index in [9.17, 15) is 4.79 Å². The predicted molar refractivity (Wildman–Crippen MR) is 126 cm³/mol. The molecular weight excluding hydrogens is 504 g/mol. The highest BCUT2D eigenvalue weighted by Gasteiger charge is 2.19. The average molecular weight is 526 g/mol. The van der Waals surface area contributed by atoms with Crippen molar-refractivity contribution in [1.82, 2.24) is 14.8 Å². The molecule has 0 aliphatic carbocycles. The Morgan fingerprint density at radius 2 is 1.94 bits per heavy atom. The van der Waals surface area contributed by atoms with Crippen molar-refractivity contribution in [2.24, 2.45) is 0 Å². The topological polar surface area (TPSA) is 78.3 Å². The van der Waals surface area contributed by atoms with E-state index in [0.717, 1.165) is 10.2 Å². The van der Waals surface area contributed by atoms with Gasteiger partial charge in [-0.3, -0.25) is 4.79 Å². The molecule has 0 aliphatic rings. The van der Waals surface area contributed by atoms with Crippen LogP contribution < -0.4 is 14.8 Å². The number of nitrogens with zero attached hydrogens (tertiary/aromatic N) is 3. The molecule has 1 heterocycles. The monoisotopic (exact) mass is 524 g/mol. The summed E-state index contributed by atoms with van der Waals surface area (Å²) in [6.07, 6.45) is -0.311. The van der Waals surface area contributed by atoms with Gasteiger partial charge in [0.1, 0.15) is 11.5 Å². The maximum Gasteiger partial charge on any atom is 0.234 e. The number of carbonyl (C=O) groups is 1. The van der Waals surface area contributed by atoms with E-state index in [2.05, 4.69) is 31.4 Å². The van der Waals surface area contributed by atoms with Gasteiger partial charge in [-0.25, -0.2) is 0 Å². The molecule has 3 rings (SSSR count). The molecule has 3 aromatic rings. The number of ether oxygens (including phenoxy) is 2. The number of thioether (sulfide) groups is 1. The molecule has 0 fully saturated rings. The van der Waals surface area contributed by atoms with Gasteiger partial charge < -0.3 is 19.4 Å². The molecule has 0 saturated carbocycles. The fraction of sp³-hybridized carbons (Fsp3) is 0.286. The van der Waals surface area contributed by atoms with Crippen molar-refractivity contribution in [2.75, 3.05) is 18.2 Å². The predicted octanol–water partition coefficient (Wildman–Crippen LogP) is 5.59. The van der Waals surface area contributed by atoms with Crippen molar-refractivity contribution in [3.8, 4) is 11.5 Å². The van der Waals surface area contributed by atoms with Gasteiger partial charge in [0.25, 0.3) is 0 Å². The third-order valence-corrected chi connectivity index (χ3v) is 6.53. The highest BCUT2D eigenvalue weighted by molar-refractivity contribution is 9.10. The lowest BCUT2D eigenvalue weighted by Crippen LogP contribution is -2.15. The fourth-order valence-electron chi connectivity index (χ4n) is 2.82. The summed E-state index contributed by atoms with van der Waals surface area (Å²) < 4.78 is 13.9. The van der Waals surface area contributed by atoms with Crippen LogP contribution in [0.15, 0.2) is 52.1 Å². The lowest BCUT2D eigenvalue weighted by atomic mass is 10.3. The lowest BCUT2D eigenvalue weighted by molar-refractivity contribution is -0.113.